The number of nitrogens with one attached hydrogen (secondary N) is 2. The number of rotatable bonds is 7. The number of methoxy groups -OCH3 is 1. The van der Waals surface area contributed by atoms with Crippen LogP contribution in [0.5, 0.6) is 0 Å². The van der Waals surface area contributed by atoms with Crippen LogP contribution >= 0.6 is 0 Å². The number of hydrogen-bond donors (Lipinski definition) is 2. The standard InChI is InChI=1S/C15H20N2O2/c1-19-15(18)7-4-9-16-10-8-12-11-17-14-6-3-2-5-13(12)14/h2-3,5-6,11,16-17H,4,7-10H2,1H3. The molecule has 0 bridgehead atoms. The molecule has 2 aromatic rings. The maximum Gasteiger partial charge on any atom is 0.305 e. The summed E-state index contributed by atoms with van der Waals surface area (Å²) in [5.41, 5.74) is 2.51. The summed E-state index contributed by atoms with van der Waals surface area (Å²) in [4.78, 5) is 14.2. The Bertz CT molecular complexity index is 534. The minimum Gasteiger partial charge on any atom is -0.469 e. The Morgan fingerprint density at radius 2 is 2.16 bits per heavy atom. The predicted octanol–water partition coefficient (Wildman–Crippen LogP) is 2.25. The lowest BCUT2D eigenvalue weighted by Crippen LogP contribution is -2.19. The van der Waals surface area contributed by atoms with E-state index in [1.807, 2.05) is 6.07 Å². The van der Waals surface area contributed by atoms with E-state index < -0.39 is 0 Å². The van der Waals surface area contributed by atoms with Crippen LogP contribution in [0.4, 0.5) is 0 Å². The number of aromatic amines is 1. The molecule has 2 rings (SSSR count). The van der Waals surface area contributed by atoms with Gasteiger partial charge < -0.3 is 15.0 Å². The van der Waals surface area contributed by atoms with Crippen LogP contribution < -0.4 is 5.32 Å². The van der Waals surface area contributed by atoms with Crippen LogP contribution in [0.15, 0.2) is 30.5 Å². The molecule has 0 saturated carbocycles. The van der Waals surface area contributed by atoms with Gasteiger partial charge in [-0.15, -0.1) is 0 Å². The fourth-order valence-corrected chi connectivity index (χ4v) is 2.15. The van der Waals surface area contributed by atoms with Gasteiger partial charge in [-0.05, 0) is 37.6 Å². The first-order chi connectivity index (χ1) is 9.31. The topological polar surface area (TPSA) is 54.1 Å². The Kier molecular flexibility index (Phi) is 4.98. The normalized spacial score (nSPS) is 10.8. The van der Waals surface area contributed by atoms with Gasteiger partial charge in [0.1, 0.15) is 0 Å². The Labute approximate surface area is 113 Å². The second-order valence-electron chi connectivity index (χ2n) is 4.54. The summed E-state index contributed by atoms with van der Waals surface area (Å²) in [7, 11) is 1.42. The van der Waals surface area contributed by atoms with E-state index in [1.54, 1.807) is 0 Å². The van der Waals surface area contributed by atoms with Crippen molar-refractivity contribution in [3.63, 3.8) is 0 Å². The summed E-state index contributed by atoms with van der Waals surface area (Å²) in [6, 6.07) is 8.32. The number of hydrogen-bond acceptors (Lipinski definition) is 3. The van der Waals surface area contributed by atoms with Crippen molar-refractivity contribution in [2.45, 2.75) is 19.3 Å². The van der Waals surface area contributed by atoms with Gasteiger partial charge >= 0.3 is 5.97 Å². The SMILES string of the molecule is COC(=O)CCCNCCc1c[nH]c2ccccc12. The van der Waals surface area contributed by atoms with E-state index in [2.05, 4.69) is 39.4 Å². The van der Waals surface area contributed by atoms with Crippen LogP contribution in [0.25, 0.3) is 10.9 Å². The van der Waals surface area contributed by atoms with Crippen LogP contribution in [0.3, 0.4) is 0 Å². The number of aromatic nitrogens is 1. The van der Waals surface area contributed by atoms with Gasteiger partial charge in [-0.2, -0.15) is 0 Å². The van der Waals surface area contributed by atoms with Crippen molar-refractivity contribution in [3.8, 4) is 0 Å². The summed E-state index contributed by atoms with van der Waals surface area (Å²) >= 11 is 0. The van der Waals surface area contributed by atoms with E-state index >= 15 is 0 Å². The lowest BCUT2D eigenvalue weighted by molar-refractivity contribution is -0.140. The zero-order chi connectivity index (χ0) is 13.5. The fraction of sp³-hybridized carbons (Fsp3) is 0.400. The smallest absolute Gasteiger partial charge is 0.305 e. The van der Waals surface area contributed by atoms with Crippen molar-refractivity contribution in [1.82, 2.24) is 10.3 Å². The lowest BCUT2D eigenvalue weighted by atomic mass is 10.1. The molecule has 0 spiro atoms. The molecule has 1 aromatic heterocycles. The van der Waals surface area contributed by atoms with Crippen LogP contribution in [-0.2, 0) is 16.0 Å². The number of H-pyrrole nitrogens is 1. The second kappa shape index (κ2) is 6.95. The van der Waals surface area contributed by atoms with Crippen molar-refractivity contribution in [1.29, 1.82) is 0 Å². The zero-order valence-corrected chi connectivity index (χ0v) is 11.2. The van der Waals surface area contributed by atoms with Crippen LogP contribution in [0.2, 0.25) is 0 Å². The zero-order valence-electron chi connectivity index (χ0n) is 11.2. The minimum absolute atomic E-state index is 0.140. The van der Waals surface area contributed by atoms with Crippen molar-refractivity contribution in [3.05, 3.63) is 36.0 Å². The molecule has 0 aliphatic carbocycles. The van der Waals surface area contributed by atoms with E-state index in [0.29, 0.717) is 6.42 Å². The minimum atomic E-state index is -0.140. The first-order valence-electron chi connectivity index (χ1n) is 6.64. The van der Waals surface area contributed by atoms with Gasteiger partial charge in [-0.1, -0.05) is 18.2 Å². The van der Waals surface area contributed by atoms with Gasteiger partial charge in [0, 0.05) is 23.5 Å². The third kappa shape index (κ3) is 3.83. The molecule has 4 nitrogen and oxygen atoms in total. The van der Waals surface area contributed by atoms with Crippen LogP contribution in [-0.4, -0.2) is 31.2 Å². The van der Waals surface area contributed by atoms with E-state index in [4.69, 9.17) is 0 Å². The third-order valence-electron chi connectivity index (χ3n) is 3.21. The van der Waals surface area contributed by atoms with E-state index in [9.17, 15) is 4.79 Å². The molecule has 0 saturated heterocycles. The molecule has 4 heteroatoms. The monoisotopic (exact) mass is 260 g/mol. The molecule has 0 atom stereocenters. The highest BCUT2D eigenvalue weighted by Crippen LogP contribution is 2.17. The average molecular weight is 260 g/mol. The molecule has 0 amide bonds. The van der Waals surface area contributed by atoms with Crippen LogP contribution in [0, 0.1) is 0 Å². The molecule has 0 aliphatic rings. The Morgan fingerprint density at radius 3 is 3.00 bits per heavy atom. The number of benzene rings is 1. The molecule has 102 valence electrons. The molecular formula is C15H20N2O2. The number of esters is 1. The highest BCUT2D eigenvalue weighted by molar-refractivity contribution is 5.83. The average Bonchev–Trinajstić information content (AvgIpc) is 2.85. The molecule has 0 radical (unpaired) electrons. The van der Waals surface area contributed by atoms with Gasteiger partial charge in [-0.3, -0.25) is 4.79 Å². The molecule has 0 aliphatic heterocycles. The number of fused-ring (bicyclic) bond motifs is 1. The quantitative estimate of drug-likeness (QED) is 0.593. The number of carbonyl (C=O) groups excluding carboxylic acids is 1. The summed E-state index contributed by atoms with van der Waals surface area (Å²) in [5, 5.41) is 4.64. The molecule has 19 heavy (non-hydrogen) atoms. The van der Waals surface area contributed by atoms with Gasteiger partial charge in [0.25, 0.3) is 0 Å². The largest absolute Gasteiger partial charge is 0.469 e. The maximum atomic E-state index is 10.9. The fourth-order valence-electron chi connectivity index (χ4n) is 2.15. The molecule has 0 fully saturated rings. The van der Waals surface area contributed by atoms with Gasteiger partial charge in [0.15, 0.2) is 0 Å². The molecule has 1 heterocycles. The highest BCUT2D eigenvalue weighted by atomic mass is 16.5. The Morgan fingerprint density at radius 1 is 1.32 bits per heavy atom. The van der Waals surface area contributed by atoms with Crippen molar-refractivity contribution in [2.24, 2.45) is 0 Å². The van der Waals surface area contributed by atoms with Crippen LogP contribution in [0.1, 0.15) is 18.4 Å². The molecule has 1 aromatic carbocycles. The third-order valence-corrected chi connectivity index (χ3v) is 3.21. The van der Waals surface area contributed by atoms with E-state index in [1.165, 1.54) is 23.6 Å². The van der Waals surface area contributed by atoms with E-state index in [-0.39, 0.29) is 5.97 Å². The first kappa shape index (κ1) is 13.6. The second-order valence-corrected chi connectivity index (χ2v) is 4.54. The van der Waals surface area contributed by atoms with Gasteiger partial charge in [0.2, 0.25) is 0 Å². The highest BCUT2D eigenvalue weighted by Gasteiger charge is 2.02. The van der Waals surface area contributed by atoms with Crippen molar-refractivity contribution >= 4 is 16.9 Å². The number of para-hydroxylation sites is 1. The van der Waals surface area contributed by atoms with Gasteiger partial charge in [-0.25, -0.2) is 0 Å². The first-order valence-corrected chi connectivity index (χ1v) is 6.64. The summed E-state index contributed by atoms with van der Waals surface area (Å²) in [5.74, 6) is -0.140. The number of ether oxygens (including phenoxy) is 1. The molecular weight excluding hydrogens is 240 g/mol. The molecule has 2 N–H and O–H groups in total. The van der Waals surface area contributed by atoms with E-state index in [0.717, 1.165) is 25.9 Å². The summed E-state index contributed by atoms with van der Waals surface area (Å²) in [6.45, 7) is 1.76. The van der Waals surface area contributed by atoms with Gasteiger partial charge in [0.05, 0.1) is 7.11 Å². The summed E-state index contributed by atoms with van der Waals surface area (Å²) < 4.78 is 4.59. The van der Waals surface area contributed by atoms with Crippen molar-refractivity contribution in [2.75, 3.05) is 20.2 Å². The Balaban J connectivity index is 1.70. The van der Waals surface area contributed by atoms with Crippen molar-refractivity contribution < 1.29 is 9.53 Å². The lowest BCUT2D eigenvalue weighted by Gasteiger charge is -2.03. The Hall–Kier alpha value is -1.81. The summed E-state index contributed by atoms with van der Waals surface area (Å²) in [6.07, 6.45) is 4.36. The maximum absolute atomic E-state index is 10.9. The number of carbonyl (C=O) groups is 1. The predicted molar refractivity (Wildman–Crippen MR) is 76.1 cm³/mol. The molecule has 0 unspecified atom stereocenters.